The number of rotatable bonds is 4. The van der Waals surface area contributed by atoms with Gasteiger partial charge in [0.15, 0.2) is 5.82 Å². The Kier molecular flexibility index (Phi) is 4.08. The van der Waals surface area contributed by atoms with E-state index >= 15 is 0 Å². The molecular formula is C12H13BrFN3O. The first kappa shape index (κ1) is 13.2. The molecule has 4 nitrogen and oxygen atoms in total. The summed E-state index contributed by atoms with van der Waals surface area (Å²) in [7, 11) is 0. The van der Waals surface area contributed by atoms with E-state index in [1.807, 2.05) is 6.92 Å². The van der Waals surface area contributed by atoms with Crippen LogP contribution in [0, 0.1) is 5.82 Å². The fraction of sp³-hybridized carbons (Fsp3) is 0.333. The summed E-state index contributed by atoms with van der Waals surface area (Å²) >= 11 is 3.32. The largest absolute Gasteiger partial charge is 0.334 e. The molecule has 1 atom stereocenters. The molecule has 0 aliphatic carbocycles. The summed E-state index contributed by atoms with van der Waals surface area (Å²) in [6, 6.07) is 4.32. The van der Waals surface area contributed by atoms with E-state index in [0.717, 1.165) is 6.42 Å². The van der Waals surface area contributed by atoms with Gasteiger partial charge in [0, 0.05) is 16.9 Å². The standard InChI is InChI=1S/C12H13BrFN3O/c1-2-8(15)6-11-16-12(18-17-11)9-5-7(14)3-4-10(9)13/h3-5,8H,2,6,15H2,1H3. The highest BCUT2D eigenvalue weighted by atomic mass is 79.9. The van der Waals surface area contributed by atoms with Crippen LogP contribution in [0.15, 0.2) is 27.2 Å². The molecule has 0 aliphatic rings. The Morgan fingerprint density at radius 1 is 1.50 bits per heavy atom. The van der Waals surface area contributed by atoms with Crippen LogP contribution in [-0.2, 0) is 6.42 Å². The number of aromatic nitrogens is 2. The topological polar surface area (TPSA) is 64.9 Å². The van der Waals surface area contributed by atoms with E-state index in [0.29, 0.717) is 28.2 Å². The van der Waals surface area contributed by atoms with Crippen molar-refractivity contribution in [2.75, 3.05) is 0 Å². The molecule has 18 heavy (non-hydrogen) atoms. The summed E-state index contributed by atoms with van der Waals surface area (Å²) in [4.78, 5) is 4.22. The lowest BCUT2D eigenvalue weighted by Crippen LogP contribution is -2.21. The maximum Gasteiger partial charge on any atom is 0.259 e. The van der Waals surface area contributed by atoms with Crippen molar-refractivity contribution in [1.82, 2.24) is 10.1 Å². The van der Waals surface area contributed by atoms with Gasteiger partial charge in [-0.05, 0) is 40.5 Å². The molecule has 0 spiro atoms. The Hall–Kier alpha value is -1.27. The summed E-state index contributed by atoms with van der Waals surface area (Å²) in [5.74, 6) is 0.480. The van der Waals surface area contributed by atoms with Crippen LogP contribution in [0.25, 0.3) is 11.5 Å². The van der Waals surface area contributed by atoms with Crippen LogP contribution < -0.4 is 5.73 Å². The summed E-state index contributed by atoms with van der Waals surface area (Å²) in [5.41, 5.74) is 6.36. The minimum absolute atomic E-state index is 0.00593. The quantitative estimate of drug-likeness (QED) is 0.942. The van der Waals surface area contributed by atoms with Gasteiger partial charge in [-0.3, -0.25) is 0 Å². The molecule has 0 amide bonds. The highest BCUT2D eigenvalue weighted by Crippen LogP contribution is 2.27. The van der Waals surface area contributed by atoms with Crippen LogP contribution in [-0.4, -0.2) is 16.2 Å². The van der Waals surface area contributed by atoms with Gasteiger partial charge < -0.3 is 10.3 Å². The fourth-order valence-corrected chi connectivity index (χ4v) is 1.90. The van der Waals surface area contributed by atoms with Crippen molar-refractivity contribution < 1.29 is 8.91 Å². The lowest BCUT2D eigenvalue weighted by Gasteiger charge is -2.02. The number of halogens is 2. The SMILES string of the molecule is CCC(N)Cc1noc(-c2cc(F)ccc2Br)n1. The van der Waals surface area contributed by atoms with Gasteiger partial charge in [-0.2, -0.15) is 4.98 Å². The molecule has 0 saturated heterocycles. The van der Waals surface area contributed by atoms with E-state index in [1.54, 1.807) is 6.07 Å². The second-order valence-corrected chi connectivity index (χ2v) is 4.87. The van der Waals surface area contributed by atoms with Crippen molar-refractivity contribution in [3.63, 3.8) is 0 Å². The Bertz CT molecular complexity index is 544. The van der Waals surface area contributed by atoms with Crippen molar-refractivity contribution in [2.24, 2.45) is 5.73 Å². The molecule has 2 aromatic rings. The number of nitrogens with zero attached hydrogens (tertiary/aromatic N) is 2. The lowest BCUT2D eigenvalue weighted by molar-refractivity contribution is 0.418. The zero-order valence-corrected chi connectivity index (χ0v) is 11.4. The normalized spacial score (nSPS) is 12.7. The summed E-state index contributed by atoms with van der Waals surface area (Å²) in [6.45, 7) is 1.99. The first-order valence-corrected chi connectivity index (χ1v) is 6.43. The zero-order valence-electron chi connectivity index (χ0n) is 9.86. The van der Waals surface area contributed by atoms with E-state index in [9.17, 15) is 4.39 Å². The highest BCUT2D eigenvalue weighted by molar-refractivity contribution is 9.10. The lowest BCUT2D eigenvalue weighted by atomic mass is 10.1. The minimum Gasteiger partial charge on any atom is -0.334 e. The summed E-state index contributed by atoms with van der Waals surface area (Å²) in [5, 5.41) is 3.84. The second kappa shape index (κ2) is 5.58. The van der Waals surface area contributed by atoms with E-state index < -0.39 is 0 Å². The van der Waals surface area contributed by atoms with Gasteiger partial charge in [0.05, 0.1) is 5.56 Å². The van der Waals surface area contributed by atoms with Crippen molar-refractivity contribution in [2.45, 2.75) is 25.8 Å². The Morgan fingerprint density at radius 2 is 2.28 bits per heavy atom. The number of hydrogen-bond donors (Lipinski definition) is 1. The monoisotopic (exact) mass is 313 g/mol. The molecule has 0 saturated carbocycles. The molecule has 1 aromatic carbocycles. The van der Waals surface area contributed by atoms with Crippen molar-refractivity contribution in [3.05, 3.63) is 34.3 Å². The predicted octanol–water partition coefficient (Wildman–Crippen LogP) is 2.92. The van der Waals surface area contributed by atoms with Gasteiger partial charge in [-0.15, -0.1) is 0 Å². The van der Waals surface area contributed by atoms with E-state index in [4.69, 9.17) is 10.3 Å². The first-order valence-electron chi connectivity index (χ1n) is 5.63. The van der Waals surface area contributed by atoms with Gasteiger partial charge in [0.25, 0.3) is 5.89 Å². The molecule has 2 rings (SSSR count). The smallest absolute Gasteiger partial charge is 0.259 e. The Labute approximate surface area is 113 Å². The van der Waals surface area contributed by atoms with E-state index in [1.165, 1.54) is 12.1 Å². The third kappa shape index (κ3) is 2.94. The number of nitrogens with two attached hydrogens (primary N) is 1. The average molecular weight is 314 g/mol. The third-order valence-corrected chi connectivity index (χ3v) is 3.29. The molecule has 6 heteroatoms. The maximum atomic E-state index is 13.2. The van der Waals surface area contributed by atoms with Gasteiger partial charge in [0.2, 0.25) is 0 Å². The molecule has 0 bridgehead atoms. The Balaban J connectivity index is 2.26. The van der Waals surface area contributed by atoms with Crippen molar-refractivity contribution in [3.8, 4) is 11.5 Å². The summed E-state index contributed by atoms with van der Waals surface area (Å²) < 4.78 is 19.0. The molecule has 1 heterocycles. The predicted molar refractivity (Wildman–Crippen MR) is 69.4 cm³/mol. The molecule has 2 N–H and O–H groups in total. The van der Waals surface area contributed by atoms with E-state index in [-0.39, 0.29) is 11.9 Å². The van der Waals surface area contributed by atoms with E-state index in [2.05, 4.69) is 26.1 Å². The zero-order chi connectivity index (χ0) is 13.1. The van der Waals surface area contributed by atoms with Crippen molar-refractivity contribution in [1.29, 1.82) is 0 Å². The van der Waals surface area contributed by atoms with Crippen molar-refractivity contribution >= 4 is 15.9 Å². The van der Waals surface area contributed by atoms with Crippen LogP contribution in [0.2, 0.25) is 0 Å². The second-order valence-electron chi connectivity index (χ2n) is 4.01. The highest BCUT2D eigenvalue weighted by Gasteiger charge is 2.14. The van der Waals surface area contributed by atoms with Gasteiger partial charge in [-0.25, -0.2) is 4.39 Å². The molecule has 0 fully saturated rings. The summed E-state index contributed by atoms with van der Waals surface area (Å²) in [6.07, 6.45) is 1.39. The van der Waals surface area contributed by atoms with Gasteiger partial charge in [-0.1, -0.05) is 12.1 Å². The Morgan fingerprint density at radius 3 is 3.00 bits per heavy atom. The van der Waals surface area contributed by atoms with Crippen LogP contribution in [0.3, 0.4) is 0 Å². The molecule has 1 aromatic heterocycles. The minimum atomic E-state index is -0.349. The van der Waals surface area contributed by atoms with Crippen LogP contribution in [0.4, 0.5) is 4.39 Å². The number of benzene rings is 1. The molecule has 0 radical (unpaired) electrons. The van der Waals surface area contributed by atoms with Crippen LogP contribution >= 0.6 is 15.9 Å². The molecular weight excluding hydrogens is 301 g/mol. The molecule has 0 aliphatic heterocycles. The maximum absolute atomic E-state index is 13.2. The van der Waals surface area contributed by atoms with Crippen LogP contribution in [0.1, 0.15) is 19.2 Å². The first-order chi connectivity index (χ1) is 8.60. The third-order valence-electron chi connectivity index (χ3n) is 2.60. The van der Waals surface area contributed by atoms with Gasteiger partial charge >= 0.3 is 0 Å². The van der Waals surface area contributed by atoms with Gasteiger partial charge in [0.1, 0.15) is 5.82 Å². The molecule has 96 valence electrons. The average Bonchev–Trinajstić information content (AvgIpc) is 2.80. The number of hydrogen-bond acceptors (Lipinski definition) is 4. The fourth-order valence-electron chi connectivity index (χ4n) is 1.49. The van der Waals surface area contributed by atoms with Crippen LogP contribution in [0.5, 0.6) is 0 Å². The molecule has 1 unspecified atom stereocenters.